The van der Waals surface area contributed by atoms with Gasteiger partial charge < -0.3 is 14.4 Å². The molecule has 1 aromatic heterocycles. The highest BCUT2D eigenvalue weighted by Crippen LogP contribution is 2.30. The summed E-state index contributed by atoms with van der Waals surface area (Å²) in [6, 6.07) is 5.65. The maximum atomic E-state index is 12.7. The van der Waals surface area contributed by atoms with Crippen molar-refractivity contribution >= 4 is 33.2 Å². The Morgan fingerprint density at radius 1 is 1.35 bits per heavy atom. The van der Waals surface area contributed by atoms with Crippen molar-refractivity contribution in [3.05, 3.63) is 41.0 Å². The van der Waals surface area contributed by atoms with Crippen molar-refractivity contribution in [3.63, 3.8) is 0 Å². The number of hydrogen-bond donors (Lipinski definition) is 1. The quantitative estimate of drug-likeness (QED) is 0.847. The standard InChI is InChI=1S/C16H16ClN3O5S/c1-20-5-6-25-15-12(16(20)21)8-11(9-18-15)19-26(22,23)14-7-10(17)3-4-13(14)24-2/h3-4,7-9,19H,5-6H2,1-2H3. The number of nitrogens with zero attached hydrogens (tertiary/aromatic N) is 2. The predicted molar refractivity (Wildman–Crippen MR) is 95.5 cm³/mol. The van der Waals surface area contributed by atoms with Gasteiger partial charge in [0.25, 0.3) is 15.9 Å². The molecule has 0 radical (unpaired) electrons. The van der Waals surface area contributed by atoms with Crippen LogP contribution in [0.15, 0.2) is 35.4 Å². The van der Waals surface area contributed by atoms with E-state index in [4.69, 9.17) is 21.1 Å². The normalized spacial score (nSPS) is 14.3. The van der Waals surface area contributed by atoms with Crippen LogP contribution in [0.25, 0.3) is 0 Å². The van der Waals surface area contributed by atoms with Gasteiger partial charge in [-0.2, -0.15) is 0 Å². The number of pyridine rings is 1. The summed E-state index contributed by atoms with van der Waals surface area (Å²) in [6.07, 6.45) is 1.28. The average molecular weight is 398 g/mol. The van der Waals surface area contributed by atoms with E-state index in [1.165, 1.54) is 42.5 Å². The van der Waals surface area contributed by atoms with Crippen LogP contribution in [0.1, 0.15) is 10.4 Å². The van der Waals surface area contributed by atoms with Crippen molar-refractivity contribution in [3.8, 4) is 11.6 Å². The monoisotopic (exact) mass is 397 g/mol. The lowest BCUT2D eigenvalue weighted by Gasteiger charge is -2.14. The third-order valence-corrected chi connectivity index (χ3v) is 5.40. The summed E-state index contributed by atoms with van der Waals surface area (Å²) in [5.74, 6) is 0.0118. The van der Waals surface area contributed by atoms with Crippen molar-refractivity contribution < 1.29 is 22.7 Å². The summed E-state index contributed by atoms with van der Waals surface area (Å²) in [5.41, 5.74) is 0.307. The molecule has 3 rings (SSSR count). The zero-order valence-corrected chi connectivity index (χ0v) is 15.6. The van der Waals surface area contributed by atoms with E-state index in [1.807, 2.05) is 0 Å². The Balaban J connectivity index is 1.98. The number of anilines is 1. The number of carbonyl (C=O) groups excluding carboxylic acids is 1. The van der Waals surface area contributed by atoms with Crippen LogP contribution < -0.4 is 14.2 Å². The number of fused-ring (bicyclic) bond motifs is 1. The van der Waals surface area contributed by atoms with Gasteiger partial charge in [-0.3, -0.25) is 9.52 Å². The van der Waals surface area contributed by atoms with Crippen LogP contribution in [0.3, 0.4) is 0 Å². The Morgan fingerprint density at radius 2 is 2.12 bits per heavy atom. The number of aromatic nitrogens is 1. The number of carbonyl (C=O) groups is 1. The lowest BCUT2D eigenvalue weighted by atomic mass is 10.2. The van der Waals surface area contributed by atoms with Crippen molar-refractivity contribution in [2.24, 2.45) is 0 Å². The Kier molecular flexibility index (Phi) is 4.92. The molecule has 26 heavy (non-hydrogen) atoms. The zero-order valence-electron chi connectivity index (χ0n) is 14.0. The number of likely N-dealkylation sites (N-methyl/N-ethyl adjacent to an activating group) is 1. The van der Waals surface area contributed by atoms with Gasteiger partial charge in [-0.05, 0) is 24.3 Å². The molecule has 0 bridgehead atoms. The third kappa shape index (κ3) is 3.54. The molecule has 8 nitrogen and oxygen atoms in total. The van der Waals surface area contributed by atoms with Gasteiger partial charge in [0.05, 0.1) is 25.5 Å². The summed E-state index contributed by atoms with van der Waals surface area (Å²) in [5, 5.41) is 0.247. The Hall–Kier alpha value is -2.52. The fourth-order valence-corrected chi connectivity index (χ4v) is 3.90. The molecule has 10 heteroatoms. The molecule has 138 valence electrons. The van der Waals surface area contributed by atoms with Crippen molar-refractivity contribution in [2.45, 2.75) is 4.90 Å². The van der Waals surface area contributed by atoms with Gasteiger partial charge in [0.15, 0.2) is 0 Å². The van der Waals surface area contributed by atoms with E-state index in [-0.39, 0.29) is 38.7 Å². The second-order valence-electron chi connectivity index (χ2n) is 5.55. The molecule has 0 atom stereocenters. The number of nitrogens with one attached hydrogen (secondary N) is 1. The summed E-state index contributed by atoms with van der Waals surface area (Å²) in [4.78, 5) is 17.8. The number of methoxy groups -OCH3 is 1. The van der Waals surface area contributed by atoms with E-state index in [2.05, 4.69) is 9.71 Å². The number of sulfonamides is 1. The smallest absolute Gasteiger partial charge is 0.265 e. The molecule has 2 aromatic rings. The van der Waals surface area contributed by atoms with Crippen LogP contribution >= 0.6 is 11.6 Å². The van der Waals surface area contributed by atoms with Crippen molar-refractivity contribution in [1.82, 2.24) is 9.88 Å². The van der Waals surface area contributed by atoms with Gasteiger partial charge in [0, 0.05) is 12.1 Å². The fourth-order valence-electron chi connectivity index (χ4n) is 2.43. The van der Waals surface area contributed by atoms with Crippen LogP contribution in [-0.4, -0.2) is 51.5 Å². The first kappa shape index (κ1) is 18.3. The molecular formula is C16H16ClN3O5S. The second kappa shape index (κ2) is 7.00. The molecule has 1 aliphatic rings. The van der Waals surface area contributed by atoms with Crippen LogP contribution in [0.2, 0.25) is 5.02 Å². The van der Waals surface area contributed by atoms with E-state index >= 15 is 0 Å². The SMILES string of the molecule is COc1ccc(Cl)cc1S(=O)(=O)Nc1cnc2c(c1)C(=O)N(C)CCO2. The topological polar surface area (TPSA) is 97.8 Å². The number of rotatable bonds is 4. The molecule has 1 aromatic carbocycles. The van der Waals surface area contributed by atoms with Gasteiger partial charge >= 0.3 is 0 Å². The minimum atomic E-state index is -4.01. The van der Waals surface area contributed by atoms with Crippen molar-refractivity contribution in [1.29, 1.82) is 0 Å². The second-order valence-corrected chi connectivity index (χ2v) is 7.64. The average Bonchev–Trinajstić information content (AvgIpc) is 2.74. The maximum Gasteiger partial charge on any atom is 0.265 e. The first-order valence-corrected chi connectivity index (χ1v) is 9.42. The van der Waals surface area contributed by atoms with E-state index < -0.39 is 10.0 Å². The molecule has 0 saturated carbocycles. The minimum Gasteiger partial charge on any atom is -0.495 e. The third-order valence-electron chi connectivity index (χ3n) is 3.76. The summed E-state index contributed by atoms with van der Waals surface area (Å²) >= 11 is 5.90. The van der Waals surface area contributed by atoms with Gasteiger partial charge in [-0.15, -0.1) is 0 Å². The van der Waals surface area contributed by atoms with Gasteiger partial charge in [0.1, 0.15) is 22.8 Å². The van der Waals surface area contributed by atoms with E-state index in [9.17, 15) is 13.2 Å². The van der Waals surface area contributed by atoms with E-state index in [1.54, 1.807) is 7.05 Å². The van der Waals surface area contributed by atoms with E-state index in [0.717, 1.165) is 0 Å². The zero-order chi connectivity index (χ0) is 18.9. The predicted octanol–water partition coefficient (Wildman–Crippen LogP) is 2.01. The lowest BCUT2D eigenvalue weighted by Crippen LogP contribution is -2.27. The lowest BCUT2D eigenvalue weighted by molar-refractivity contribution is 0.0796. The van der Waals surface area contributed by atoms with Crippen LogP contribution in [0.4, 0.5) is 5.69 Å². The minimum absolute atomic E-state index is 0.123. The number of halogens is 1. The summed E-state index contributed by atoms with van der Waals surface area (Å²) in [6.45, 7) is 0.725. The Bertz CT molecular complexity index is 964. The Morgan fingerprint density at radius 3 is 2.85 bits per heavy atom. The molecule has 0 saturated heterocycles. The largest absolute Gasteiger partial charge is 0.495 e. The highest BCUT2D eigenvalue weighted by molar-refractivity contribution is 7.92. The Labute approximate surface area is 155 Å². The molecule has 2 heterocycles. The van der Waals surface area contributed by atoms with Crippen molar-refractivity contribution in [2.75, 3.05) is 32.0 Å². The van der Waals surface area contributed by atoms with Gasteiger partial charge in [-0.1, -0.05) is 11.6 Å². The van der Waals surface area contributed by atoms with Gasteiger partial charge in [-0.25, -0.2) is 13.4 Å². The molecule has 0 fully saturated rings. The van der Waals surface area contributed by atoms with Gasteiger partial charge in [0.2, 0.25) is 5.88 Å². The molecule has 0 aliphatic carbocycles. The maximum absolute atomic E-state index is 12.7. The molecular weight excluding hydrogens is 382 g/mol. The molecule has 1 amide bonds. The highest BCUT2D eigenvalue weighted by Gasteiger charge is 2.25. The number of ether oxygens (including phenoxy) is 2. The number of benzene rings is 1. The number of hydrogen-bond acceptors (Lipinski definition) is 6. The van der Waals surface area contributed by atoms with Crippen LogP contribution in [-0.2, 0) is 10.0 Å². The first-order chi connectivity index (χ1) is 12.3. The molecule has 1 N–H and O–H groups in total. The number of amides is 1. The highest BCUT2D eigenvalue weighted by atomic mass is 35.5. The van der Waals surface area contributed by atoms with E-state index in [0.29, 0.717) is 13.2 Å². The van der Waals surface area contributed by atoms with Crippen LogP contribution in [0.5, 0.6) is 11.6 Å². The molecule has 0 spiro atoms. The first-order valence-electron chi connectivity index (χ1n) is 7.56. The molecule has 1 aliphatic heterocycles. The summed E-state index contributed by atoms with van der Waals surface area (Å²) in [7, 11) is -1.02. The molecule has 0 unspecified atom stereocenters. The van der Waals surface area contributed by atoms with Crippen LogP contribution in [0, 0.1) is 0 Å². The summed E-state index contributed by atoms with van der Waals surface area (Å²) < 4.78 is 38.3. The fraction of sp³-hybridized carbons (Fsp3) is 0.250.